The number of pyridine rings is 1. The molecule has 1 aromatic carbocycles. The first kappa shape index (κ1) is 19.6. The van der Waals surface area contributed by atoms with Gasteiger partial charge in [0.1, 0.15) is 6.54 Å². The molecule has 5 rings (SSSR count). The number of anilines is 1. The average Bonchev–Trinajstić information content (AvgIpc) is 3.31. The lowest BCUT2D eigenvalue weighted by Gasteiger charge is -2.13. The molecule has 10 nitrogen and oxygen atoms in total. The Hall–Kier alpha value is -4.34. The third-order valence-electron chi connectivity index (χ3n) is 5.03. The number of fused-ring (bicyclic) bond motifs is 1. The maximum Gasteiger partial charge on any atom is 0.353 e. The molecule has 0 amide bonds. The molecule has 0 spiro atoms. The van der Waals surface area contributed by atoms with Crippen LogP contribution in [0.2, 0.25) is 0 Å². The minimum atomic E-state index is -0.434. The van der Waals surface area contributed by atoms with Crippen LogP contribution in [-0.2, 0) is 6.54 Å². The lowest BCUT2D eigenvalue weighted by molar-refractivity contribution is 0.385. The van der Waals surface area contributed by atoms with Gasteiger partial charge >= 0.3 is 5.69 Å². The molecule has 0 saturated carbocycles. The Labute approximate surface area is 182 Å². The van der Waals surface area contributed by atoms with Gasteiger partial charge in [0.2, 0.25) is 11.8 Å². The van der Waals surface area contributed by atoms with Crippen molar-refractivity contribution in [1.29, 1.82) is 0 Å². The number of benzene rings is 1. The highest BCUT2D eigenvalue weighted by molar-refractivity contribution is 5.90. The molecule has 10 heteroatoms. The van der Waals surface area contributed by atoms with Gasteiger partial charge in [-0.1, -0.05) is 35.5 Å². The van der Waals surface area contributed by atoms with Crippen LogP contribution in [-0.4, -0.2) is 34.3 Å². The number of aromatic nitrogens is 7. The zero-order valence-corrected chi connectivity index (χ0v) is 17.8. The molecule has 0 aliphatic carbocycles. The summed E-state index contributed by atoms with van der Waals surface area (Å²) in [5, 5.41) is 8.47. The largest absolute Gasteiger partial charge is 0.369 e. The van der Waals surface area contributed by atoms with E-state index in [-0.39, 0.29) is 12.5 Å². The molecule has 0 saturated heterocycles. The second-order valence-electron chi connectivity index (χ2n) is 7.53. The Morgan fingerprint density at radius 2 is 1.69 bits per heavy atom. The Bertz CT molecular complexity index is 1490. The van der Waals surface area contributed by atoms with E-state index in [2.05, 4.69) is 25.2 Å². The highest BCUT2D eigenvalue weighted by Gasteiger charge is 2.22. The van der Waals surface area contributed by atoms with E-state index in [0.717, 1.165) is 22.5 Å². The van der Waals surface area contributed by atoms with E-state index in [1.165, 1.54) is 9.08 Å². The number of aryl methyl sites for hydroxylation is 3. The predicted octanol–water partition coefficient (Wildman–Crippen LogP) is 2.56. The normalized spacial score (nSPS) is 11.3. The van der Waals surface area contributed by atoms with Crippen LogP contribution in [0.1, 0.15) is 23.1 Å². The summed E-state index contributed by atoms with van der Waals surface area (Å²) in [7, 11) is 0. The van der Waals surface area contributed by atoms with Gasteiger partial charge in [0.05, 0.1) is 11.3 Å². The molecule has 0 fully saturated rings. The van der Waals surface area contributed by atoms with Crippen molar-refractivity contribution in [3.05, 3.63) is 76.1 Å². The quantitative estimate of drug-likeness (QED) is 0.462. The Kier molecular flexibility index (Phi) is 4.54. The number of hydrogen-bond donors (Lipinski definition) is 1. The summed E-state index contributed by atoms with van der Waals surface area (Å²) in [6, 6.07) is 13.6. The Morgan fingerprint density at radius 1 is 0.969 bits per heavy atom. The molecule has 0 atom stereocenters. The molecule has 32 heavy (non-hydrogen) atoms. The second-order valence-corrected chi connectivity index (χ2v) is 7.53. The molecule has 0 aliphatic heterocycles. The van der Waals surface area contributed by atoms with Crippen LogP contribution >= 0.6 is 0 Å². The van der Waals surface area contributed by atoms with Gasteiger partial charge < -0.3 is 10.3 Å². The van der Waals surface area contributed by atoms with E-state index in [0.29, 0.717) is 28.6 Å². The number of nitrogens with two attached hydrogens (primary N) is 1. The van der Waals surface area contributed by atoms with Gasteiger partial charge in [0, 0.05) is 23.9 Å². The molecule has 0 aliphatic rings. The van der Waals surface area contributed by atoms with Crippen LogP contribution in [0.5, 0.6) is 0 Å². The van der Waals surface area contributed by atoms with E-state index < -0.39 is 5.69 Å². The van der Waals surface area contributed by atoms with Crippen molar-refractivity contribution in [2.45, 2.75) is 27.3 Å². The third kappa shape index (κ3) is 3.31. The maximum absolute atomic E-state index is 13.2. The Morgan fingerprint density at radius 3 is 2.34 bits per heavy atom. The Balaban J connectivity index is 1.83. The van der Waals surface area contributed by atoms with Crippen LogP contribution < -0.4 is 11.4 Å². The molecule has 0 unspecified atom stereocenters. The van der Waals surface area contributed by atoms with E-state index in [1.54, 1.807) is 6.92 Å². The molecular formula is C22H20N8O2. The molecule has 0 radical (unpaired) electrons. The molecule has 2 N–H and O–H groups in total. The van der Waals surface area contributed by atoms with Crippen LogP contribution in [0.25, 0.3) is 28.0 Å². The fourth-order valence-electron chi connectivity index (χ4n) is 3.79. The predicted molar refractivity (Wildman–Crippen MR) is 118 cm³/mol. The summed E-state index contributed by atoms with van der Waals surface area (Å²) in [5.41, 5.74) is 10.9. The second kappa shape index (κ2) is 7.41. The van der Waals surface area contributed by atoms with Crippen LogP contribution in [0.15, 0.2) is 51.8 Å². The molecule has 4 heterocycles. The van der Waals surface area contributed by atoms with Crippen molar-refractivity contribution < 1.29 is 4.52 Å². The fraction of sp³-hybridized carbons (Fsp3) is 0.182. The summed E-state index contributed by atoms with van der Waals surface area (Å²) < 4.78 is 7.58. The van der Waals surface area contributed by atoms with Crippen molar-refractivity contribution in [3.63, 3.8) is 0 Å². The summed E-state index contributed by atoms with van der Waals surface area (Å²) in [6.45, 7) is 5.57. The average molecular weight is 428 g/mol. The van der Waals surface area contributed by atoms with E-state index in [1.807, 2.05) is 56.3 Å². The highest BCUT2D eigenvalue weighted by Crippen LogP contribution is 2.34. The summed E-state index contributed by atoms with van der Waals surface area (Å²) >= 11 is 0. The standard InChI is InChI=1S/C22H20N8O2/c1-12-9-16(10-13(2)24-12)18-19(15-7-5-4-6-8-15)26-21(23)30-20(18)27-29(22(30)31)11-17-25-14(3)32-28-17/h4-10H,11H2,1-3H3,(H2,23,26). The monoisotopic (exact) mass is 428 g/mol. The van der Waals surface area contributed by atoms with Crippen molar-refractivity contribution in [2.24, 2.45) is 0 Å². The van der Waals surface area contributed by atoms with Crippen LogP contribution in [0, 0.1) is 20.8 Å². The molecule has 5 aromatic rings. The number of nitrogens with zero attached hydrogens (tertiary/aromatic N) is 7. The number of rotatable bonds is 4. The molecular weight excluding hydrogens is 408 g/mol. The minimum Gasteiger partial charge on any atom is -0.369 e. The third-order valence-corrected chi connectivity index (χ3v) is 5.03. The van der Waals surface area contributed by atoms with Crippen molar-refractivity contribution in [3.8, 4) is 22.4 Å². The smallest absolute Gasteiger partial charge is 0.353 e. The summed E-state index contributed by atoms with van der Waals surface area (Å²) in [5.74, 6) is 0.804. The van der Waals surface area contributed by atoms with E-state index in [4.69, 9.17) is 10.3 Å². The van der Waals surface area contributed by atoms with Gasteiger partial charge in [-0.3, -0.25) is 4.98 Å². The molecule has 4 aromatic heterocycles. The van der Waals surface area contributed by atoms with Crippen molar-refractivity contribution in [1.82, 2.24) is 34.3 Å². The van der Waals surface area contributed by atoms with Gasteiger partial charge in [-0.15, -0.1) is 5.10 Å². The van der Waals surface area contributed by atoms with E-state index >= 15 is 0 Å². The van der Waals surface area contributed by atoms with Crippen LogP contribution in [0.4, 0.5) is 5.95 Å². The highest BCUT2D eigenvalue weighted by atomic mass is 16.5. The lowest BCUT2D eigenvalue weighted by atomic mass is 9.99. The molecule has 0 bridgehead atoms. The summed E-state index contributed by atoms with van der Waals surface area (Å²) in [4.78, 5) is 26.4. The topological polar surface area (TPSA) is 130 Å². The zero-order valence-electron chi connectivity index (χ0n) is 17.8. The first-order chi connectivity index (χ1) is 15.4. The number of hydrogen-bond acceptors (Lipinski definition) is 8. The minimum absolute atomic E-state index is 0.0469. The van der Waals surface area contributed by atoms with Crippen molar-refractivity contribution in [2.75, 3.05) is 5.73 Å². The first-order valence-corrected chi connectivity index (χ1v) is 10.00. The zero-order chi connectivity index (χ0) is 22.4. The van der Waals surface area contributed by atoms with Gasteiger partial charge in [0.25, 0.3) is 0 Å². The summed E-state index contributed by atoms with van der Waals surface area (Å²) in [6.07, 6.45) is 0. The fourth-order valence-corrected chi connectivity index (χ4v) is 3.79. The van der Waals surface area contributed by atoms with Gasteiger partial charge in [0.15, 0.2) is 11.5 Å². The maximum atomic E-state index is 13.2. The van der Waals surface area contributed by atoms with Crippen molar-refractivity contribution >= 4 is 11.6 Å². The SMILES string of the molecule is Cc1cc(-c2c(-c3ccccc3)nc(N)n3c(=O)n(Cc4noc(C)n4)nc23)cc(C)n1. The van der Waals surface area contributed by atoms with Crippen LogP contribution in [0.3, 0.4) is 0 Å². The lowest BCUT2D eigenvalue weighted by Crippen LogP contribution is -2.24. The number of nitrogen functional groups attached to an aromatic ring is 1. The van der Waals surface area contributed by atoms with Gasteiger partial charge in [-0.25, -0.2) is 18.9 Å². The van der Waals surface area contributed by atoms with Gasteiger partial charge in [-0.2, -0.15) is 4.98 Å². The van der Waals surface area contributed by atoms with Gasteiger partial charge in [-0.05, 0) is 31.5 Å². The molecule has 160 valence electrons. The first-order valence-electron chi connectivity index (χ1n) is 10.00. The van der Waals surface area contributed by atoms with E-state index in [9.17, 15) is 4.79 Å².